The van der Waals surface area contributed by atoms with E-state index in [1.807, 2.05) is 38.1 Å². The molecule has 1 rings (SSSR count). The molecule has 128 valence electrons. The number of amides is 2. The van der Waals surface area contributed by atoms with E-state index < -0.39 is 5.41 Å². The summed E-state index contributed by atoms with van der Waals surface area (Å²) >= 11 is 0. The zero-order valence-electron chi connectivity index (χ0n) is 15.4. The van der Waals surface area contributed by atoms with Gasteiger partial charge in [-0.1, -0.05) is 39.8 Å². The predicted molar refractivity (Wildman–Crippen MR) is 95.4 cm³/mol. The Labute approximate surface area is 140 Å². The highest BCUT2D eigenvalue weighted by molar-refractivity contribution is 6.09. The van der Waals surface area contributed by atoms with E-state index >= 15 is 0 Å². The monoisotopic (exact) mass is 318 g/mol. The van der Waals surface area contributed by atoms with Gasteiger partial charge in [-0.3, -0.25) is 9.59 Å². The number of anilines is 1. The van der Waals surface area contributed by atoms with Crippen LogP contribution in [-0.2, 0) is 15.0 Å². The van der Waals surface area contributed by atoms with Crippen LogP contribution >= 0.6 is 0 Å². The molecule has 23 heavy (non-hydrogen) atoms. The van der Waals surface area contributed by atoms with Crippen molar-refractivity contribution >= 4 is 17.5 Å². The molecule has 0 saturated heterocycles. The van der Waals surface area contributed by atoms with Gasteiger partial charge in [0.15, 0.2) is 0 Å². The van der Waals surface area contributed by atoms with Crippen LogP contribution in [0.2, 0.25) is 0 Å². The predicted octanol–water partition coefficient (Wildman–Crippen LogP) is 3.86. The molecular formula is C19H30N2O2. The summed E-state index contributed by atoms with van der Waals surface area (Å²) in [7, 11) is 0. The van der Waals surface area contributed by atoms with E-state index in [9.17, 15) is 9.59 Å². The van der Waals surface area contributed by atoms with Crippen molar-refractivity contribution in [3.63, 3.8) is 0 Å². The van der Waals surface area contributed by atoms with E-state index in [1.54, 1.807) is 13.8 Å². The summed E-state index contributed by atoms with van der Waals surface area (Å²) in [6.07, 6.45) is 0.831. The van der Waals surface area contributed by atoms with Gasteiger partial charge in [0.2, 0.25) is 11.8 Å². The van der Waals surface area contributed by atoms with Crippen molar-refractivity contribution in [2.24, 2.45) is 5.41 Å². The first-order valence-corrected chi connectivity index (χ1v) is 8.21. The average Bonchev–Trinajstić information content (AvgIpc) is 2.46. The van der Waals surface area contributed by atoms with E-state index in [0.717, 1.165) is 6.42 Å². The number of benzene rings is 1. The Kier molecular flexibility index (Phi) is 5.98. The third-order valence-electron chi connectivity index (χ3n) is 4.13. The summed E-state index contributed by atoms with van der Waals surface area (Å²) in [5.74, 6) is -0.558. The fourth-order valence-corrected chi connectivity index (χ4v) is 1.95. The first-order valence-electron chi connectivity index (χ1n) is 8.21. The minimum Gasteiger partial charge on any atom is -0.353 e. The smallest absolute Gasteiger partial charge is 0.239 e. The maximum Gasteiger partial charge on any atom is 0.239 e. The lowest BCUT2D eigenvalue weighted by molar-refractivity contribution is -0.138. The minimum atomic E-state index is -1.12. The van der Waals surface area contributed by atoms with Crippen molar-refractivity contribution in [1.82, 2.24) is 5.32 Å². The lowest BCUT2D eigenvalue weighted by atomic mass is 9.87. The standard InChI is InChI=1S/C19H30N2O2/c1-8-13(2)20-16(22)19(6,7)17(23)21-15-11-9-14(10-12-15)18(3,4)5/h9-13H,8H2,1-7H3,(H,20,22)(H,21,23). The number of hydrogen-bond donors (Lipinski definition) is 2. The summed E-state index contributed by atoms with van der Waals surface area (Å²) in [6.45, 7) is 13.6. The molecule has 0 aromatic heterocycles. The van der Waals surface area contributed by atoms with Crippen LogP contribution in [0.3, 0.4) is 0 Å². The van der Waals surface area contributed by atoms with Gasteiger partial charge >= 0.3 is 0 Å². The molecule has 0 heterocycles. The molecule has 1 aromatic rings. The van der Waals surface area contributed by atoms with E-state index in [4.69, 9.17) is 0 Å². The molecular weight excluding hydrogens is 288 g/mol. The largest absolute Gasteiger partial charge is 0.353 e. The normalized spacial score (nSPS) is 13.3. The van der Waals surface area contributed by atoms with Crippen molar-refractivity contribution < 1.29 is 9.59 Å². The second kappa shape index (κ2) is 7.16. The van der Waals surface area contributed by atoms with Gasteiger partial charge in [-0.15, -0.1) is 0 Å². The lowest BCUT2D eigenvalue weighted by Crippen LogP contribution is -2.47. The number of rotatable bonds is 5. The molecule has 4 nitrogen and oxygen atoms in total. The Hall–Kier alpha value is -1.84. The van der Waals surface area contributed by atoms with E-state index in [0.29, 0.717) is 5.69 Å². The summed E-state index contributed by atoms with van der Waals surface area (Å²) < 4.78 is 0. The third kappa shape index (κ3) is 5.08. The fourth-order valence-electron chi connectivity index (χ4n) is 1.95. The summed E-state index contributed by atoms with van der Waals surface area (Å²) in [5.41, 5.74) is 0.848. The first kappa shape index (κ1) is 19.2. The Morgan fingerprint density at radius 3 is 1.96 bits per heavy atom. The molecule has 1 atom stereocenters. The van der Waals surface area contributed by atoms with Gasteiger partial charge in [0.05, 0.1) is 0 Å². The summed E-state index contributed by atoms with van der Waals surface area (Å²) in [5, 5.41) is 5.70. The van der Waals surface area contributed by atoms with Gasteiger partial charge in [0, 0.05) is 11.7 Å². The minimum absolute atomic E-state index is 0.0562. The van der Waals surface area contributed by atoms with E-state index in [1.165, 1.54) is 5.56 Å². The van der Waals surface area contributed by atoms with Crippen LogP contribution in [0.4, 0.5) is 5.69 Å². The van der Waals surface area contributed by atoms with Gasteiger partial charge in [0.1, 0.15) is 5.41 Å². The van der Waals surface area contributed by atoms with Crippen LogP contribution in [-0.4, -0.2) is 17.9 Å². The Balaban J connectivity index is 2.80. The average molecular weight is 318 g/mol. The number of nitrogens with one attached hydrogen (secondary N) is 2. The fraction of sp³-hybridized carbons (Fsp3) is 0.579. The number of carbonyl (C=O) groups is 2. The second-order valence-electron chi connectivity index (χ2n) is 7.69. The van der Waals surface area contributed by atoms with Crippen molar-refractivity contribution in [3.8, 4) is 0 Å². The van der Waals surface area contributed by atoms with E-state index in [2.05, 4.69) is 31.4 Å². The van der Waals surface area contributed by atoms with E-state index in [-0.39, 0.29) is 23.3 Å². The SMILES string of the molecule is CCC(C)NC(=O)C(C)(C)C(=O)Nc1ccc(C(C)(C)C)cc1. The molecule has 0 fully saturated rings. The Morgan fingerprint density at radius 1 is 1.00 bits per heavy atom. The molecule has 0 spiro atoms. The van der Waals surface area contributed by atoms with Crippen LogP contribution in [0.25, 0.3) is 0 Å². The Morgan fingerprint density at radius 2 is 1.52 bits per heavy atom. The molecule has 0 saturated carbocycles. The molecule has 1 unspecified atom stereocenters. The quantitative estimate of drug-likeness (QED) is 0.810. The molecule has 2 amide bonds. The maximum absolute atomic E-state index is 12.5. The highest BCUT2D eigenvalue weighted by Crippen LogP contribution is 2.25. The lowest BCUT2D eigenvalue weighted by Gasteiger charge is -2.25. The maximum atomic E-state index is 12.5. The molecule has 0 aliphatic heterocycles. The van der Waals surface area contributed by atoms with Crippen LogP contribution in [0.15, 0.2) is 24.3 Å². The topological polar surface area (TPSA) is 58.2 Å². The molecule has 4 heteroatoms. The number of carbonyl (C=O) groups excluding carboxylic acids is 2. The highest BCUT2D eigenvalue weighted by Gasteiger charge is 2.36. The van der Waals surface area contributed by atoms with Gasteiger partial charge in [0.25, 0.3) is 0 Å². The summed E-state index contributed by atoms with van der Waals surface area (Å²) in [6, 6.07) is 7.81. The molecule has 0 aliphatic carbocycles. The van der Waals surface area contributed by atoms with Crippen LogP contribution in [0.5, 0.6) is 0 Å². The number of hydrogen-bond acceptors (Lipinski definition) is 2. The van der Waals surface area contributed by atoms with Crippen molar-refractivity contribution in [1.29, 1.82) is 0 Å². The Bertz CT molecular complexity index is 554. The molecule has 1 aromatic carbocycles. The highest BCUT2D eigenvalue weighted by atomic mass is 16.2. The van der Waals surface area contributed by atoms with Gasteiger partial charge < -0.3 is 10.6 Å². The van der Waals surface area contributed by atoms with Gasteiger partial charge in [-0.25, -0.2) is 0 Å². The molecule has 0 aliphatic rings. The van der Waals surface area contributed by atoms with Crippen molar-refractivity contribution in [3.05, 3.63) is 29.8 Å². The molecule has 2 N–H and O–H groups in total. The molecule has 0 radical (unpaired) electrons. The summed E-state index contributed by atoms with van der Waals surface area (Å²) in [4.78, 5) is 24.7. The van der Waals surface area contributed by atoms with Gasteiger partial charge in [-0.05, 0) is 50.3 Å². The second-order valence-corrected chi connectivity index (χ2v) is 7.69. The zero-order valence-corrected chi connectivity index (χ0v) is 15.4. The first-order chi connectivity index (χ1) is 10.5. The van der Waals surface area contributed by atoms with Crippen molar-refractivity contribution in [2.75, 3.05) is 5.32 Å². The van der Waals surface area contributed by atoms with Crippen molar-refractivity contribution in [2.45, 2.75) is 66.3 Å². The zero-order chi connectivity index (χ0) is 17.8. The van der Waals surface area contributed by atoms with Crippen LogP contribution < -0.4 is 10.6 Å². The van der Waals surface area contributed by atoms with Crippen LogP contribution in [0, 0.1) is 5.41 Å². The van der Waals surface area contributed by atoms with Gasteiger partial charge in [-0.2, -0.15) is 0 Å². The van der Waals surface area contributed by atoms with Crippen LogP contribution in [0.1, 0.15) is 60.5 Å². The third-order valence-corrected chi connectivity index (χ3v) is 4.13. The molecule has 0 bridgehead atoms.